The predicted octanol–water partition coefficient (Wildman–Crippen LogP) is 4.30. The summed E-state index contributed by atoms with van der Waals surface area (Å²) in [6.45, 7) is 9.83. The maximum absolute atomic E-state index is 13.2. The van der Waals surface area contributed by atoms with E-state index >= 15 is 0 Å². The Labute approximate surface area is 171 Å². The number of piperazine rings is 1. The number of carbonyl (C=O) groups is 1. The molecule has 28 heavy (non-hydrogen) atoms. The molecule has 1 aromatic heterocycles. The maximum atomic E-state index is 13.2. The second-order valence-corrected chi connectivity index (χ2v) is 8.89. The molecule has 0 saturated carbocycles. The molecular weight excluding hydrogens is 373 g/mol. The van der Waals surface area contributed by atoms with Gasteiger partial charge >= 0.3 is 0 Å². The van der Waals surface area contributed by atoms with Crippen LogP contribution in [0.5, 0.6) is 0 Å². The van der Waals surface area contributed by atoms with E-state index in [2.05, 4.69) is 53.4 Å². The van der Waals surface area contributed by atoms with E-state index in [1.54, 1.807) is 11.3 Å². The highest BCUT2D eigenvalue weighted by atomic mass is 32.1. The second kappa shape index (κ2) is 9.52. The van der Waals surface area contributed by atoms with E-state index < -0.39 is 0 Å². The molecule has 2 aromatic rings. The van der Waals surface area contributed by atoms with Crippen LogP contribution in [-0.2, 0) is 4.79 Å². The molecule has 0 aliphatic carbocycles. The number of thiophene rings is 1. The van der Waals surface area contributed by atoms with Crippen LogP contribution in [0.1, 0.15) is 38.1 Å². The van der Waals surface area contributed by atoms with Gasteiger partial charge in [0.05, 0.1) is 6.04 Å². The first kappa shape index (κ1) is 20.8. The molecular formula is C22H30FN3OS. The van der Waals surface area contributed by atoms with Gasteiger partial charge in [0.15, 0.2) is 0 Å². The third-order valence-corrected chi connectivity index (χ3v) is 6.13. The molecule has 6 heteroatoms. The van der Waals surface area contributed by atoms with Crippen molar-refractivity contribution in [2.45, 2.75) is 39.3 Å². The first-order valence-electron chi connectivity index (χ1n) is 10.0. The molecule has 0 bridgehead atoms. The van der Waals surface area contributed by atoms with Gasteiger partial charge < -0.3 is 10.2 Å². The number of carbonyl (C=O) groups excluding carboxylic acids is 1. The SMILES string of the molecule is CC(C)CC(=O)N[C@@H](C)[C@@H](c1cccs1)N1CCN(c2ccc(F)cc2)CC1. The van der Waals surface area contributed by atoms with Crippen molar-refractivity contribution in [3.63, 3.8) is 0 Å². The van der Waals surface area contributed by atoms with Crippen LogP contribution < -0.4 is 10.2 Å². The predicted molar refractivity (Wildman–Crippen MR) is 114 cm³/mol. The van der Waals surface area contributed by atoms with Gasteiger partial charge in [0.2, 0.25) is 5.91 Å². The van der Waals surface area contributed by atoms with Crippen molar-refractivity contribution in [1.82, 2.24) is 10.2 Å². The zero-order chi connectivity index (χ0) is 20.1. The summed E-state index contributed by atoms with van der Waals surface area (Å²) in [5, 5.41) is 5.31. The van der Waals surface area contributed by atoms with Gasteiger partial charge in [-0.15, -0.1) is 11.3 Å². The molecule has 0 spiro atoms. The highest BCUT2D eigenvalue weighted by Crippen LogP contribution is 2.30. The van der Waals surface area contributed by atoms with Crippen molar-refractivity contribution in [3.05, 3.63) is 52.5 Å². The fraction of sp³-hybridized carbons (Fsp3) is 0.500. The van der Waals surface area contributed by atoms with Crippen molar-refractivity contribution in [3.8, 4) is 0 Å². The Kier molecular flexibility index (Phi) is 7.08. The van der Waals surface area contributed by atoms with Gasteiger partial charge in [-0.2, -0.15) is 0 Å². The van der Waals surface area contributed by atoms with Crippen LogP contribution in [0.15, 0.2) is 41.8 Å². The maximum Gasteiger partial charge on any atom is 0.220 e. The number of anilines is 1. The van der Waals surface area contributed by atoms with E-state index in [0.717, 1.165) is 31.9 Å². The van der Waals surface area contributed by atoms with Crippen molar-refractivity contribution in [1.29, 1.82) is 0 Å². The van der Waals surface area contributed by atoms with Crippen LogP contribution in [-0.4, -0.2) is 43.0 Å². The minimum atomic E-state index is -0.203. The average molecular weight is 404 g/mol. The van der Waals surface area contributed by atoms with Gasteiger partial charge in [0.1, 0.15) is 5.82 Å². The zero-order valence-electron chi connectivity index (χ0n) is 16.9. The van der Waals surface area contributed by atoms with E-state index in [1.807, 2.05) is 12.1 Å². The quantitative estimate of drug-likeness (QED) is 0.749. The first-order chi connectivity index (χ1) is 13.4. The van der Waals surface area contributed by atoms with Crippen molar-refractivity contribution in [2.75, 3.05) is 31.1 Å². The molecule has 1 aliphatic rings. The summed E-state index contributed by atoms with van der Waals surface area (Å²) in [5.41, 5.74) is 1.06. The van der Waals surface area contributed by atoms with Gasteiger partial charge in [-0.25, -0.2) is 4.39 Å². The minimum Gasteiger partial charge on any atom is -0.369 e. The number of nitrogens with zero attached hydrogens (tertiary/aromatic N) is 2. The second-order valence-electron chi connectivity index (χ2n) is 7.91. The number of nitrogens with one attached hydrogen (secondary N) is 1. The van der Waals surface area contributed by atoms with Crippen LogP contribution in [0.4, 0.5) is 10.1 Å². The molecule has 2 atom stereocenters. The van der Waals surface area contributed by atoms with Gasteiger partial charge in [-0.1, -0.05) is 19.9 Å². The van der Waals surface area contributed by atoms with Crippen LogP contribution >= 0.6 is 11.3 Å². The summed E-state index contributed by atoms with van der Waals surface area (Å²) in [6.07, 6.45) is 0.555. The van der Waals surface area contributed by atoms with Gasteiger partial charge in [0, 0.05) is 49.2 Å². The Morgan fingerprint density at radius 3 is 2.36 bits per heavy atom. The van der Waals surface area contributed by atoms with Gasteiger partial charge in [-0.05, 0) is 48.6 Å². The Hall–Kier alpha value is -1.92. The summed E-state index contributed by atoms with van der Waals surface area (Å²) in [6, 6.07) is 11.2. The Morgan fingerprint density at radius 1 is 1.11 bits per heavy atom. The van der Waals surface area contributed by atoms with Crippen molar-refractivity contribution >= 4 is 22.9 Å². The van der Waals surface area contributed by atoms with Crippen molar-refractivity contribution in [2.24, 2.45) is 5.92 Å². The molecule has 1 aromatic carbocycles. The molecule has 4 nitrogen and oxygen atoms in total. The van der Waals surface area contributed by atoms with E-state index in [-0.39, 0.29) is 23.8 Å². The molecule has 152 valence electrons. The standard InChI is InChI=1S/C22H30FN3OS/c1-16(2)15-21(27)24-17(3)22(20-5-4-14-28-20)26-12-10-25(11-13-26)19-8-6-18(23)7-9-19/h4-9,14,16-17,22H,10-13,15H2,1-3H3,(H,24,27)/t17-,22-/m0/s1. The van der Waals surface area contributed by atoms with E-state index in [4.69, 9.17) is 0 Å². The van der Waals surface area contributed by atoms with E-state index in [1.165, 1.54) is 17.0 Å². The number of hydrogen-bond acceptors (Lipinski definition) is 4. The van der Waals surface area contributed by atoms with E-state index in [9.17, 15) is 9.18 Å². The molecule has 1 fully saturated rings. The lowest BCUT2D eigenvalue weighted by Gasteiger charge is -2.42. The molecule has 1 saturated heterocycles. The lowest BCUT2D eigenvalue weighted by molar-refractivity contribution is -0.122. The highest BCUT2D eigenvalue weighted by Gasteiger charge is 2.31. The summed E-state index contributed by atoms with van der Waals surface area (Å²) >= 11 is 1.74. The summed E-state index contributed by atoms with van der Waals surface area (Å²) in [5.74, 6) is 0.270. The van der Waals surface area contributed by atoms with Gasteiger partial charge in [0.25, 0.3) is 0 Å². The van der Waals surface area contributed by atoms with Crippen LogP contribution in [0, 0.1) is 11.7 Å². The number of hydrogen-bond donors (Lipinski definition) is 1. The fourth-order valence-corrected chi connectivity index (χ4v) is 4.84. The molecule has 2 heterocycles. The smallest absolute Gasteiger partial charge is 0.220 e. The largest absolute Gasteiger partial charge is 0.369 e. The molecule has 1 aliphatic heterocycles. The number of amides is 1. The molecule has 1 N–H and O–H groups in total. The molecule has 1 amide bonds. The third kappa shape index (κ3) is 5.32. The number of rotatable bonds is 7. The van der Waals surface area contributed by atoms with Crippen molar-refractivity contribution < 1.29 is 9.18 Å². The van der Waals surface area contributed by atoms with E-state index in [0.29, 0.717) is 12.3 Å². The zero-order valence-corrected chi connectivity index (χ0v) is 17.7. The normalized spacial score (nSPS) is 17.5. The Bertz CT molecular complexity index is 740. The van der Waals surface area contributed by atoms with Crippen LogP contribution in [0.25, 0.3) is 0 Å². The number of halogens is 1. The Balaban J connectivity index is 1.66. The lowest BCUT2D eigenvalue weighted by atomic mass is 10.0. The fourth-order valence-electron chi connectivity index (χ4n) is 3.87. The van der Waals surface area contributed by atoms with Crippen LogP contribution in [0.3, 0.4) is 0 Å². The highest BCUT2D eigenvalue weighted by molar-refractivity contribution is 7.10. The first-order valence-corrected chi connectivity index (χ1v) is 10.9. The lowest BCUT2D eigenvalue weighted by Crippen LogP contribution is -2.52. The summed E-state index contributed by atoms with van der Waals surface area (Å²) in [4.78, 5) is 18.4. The molecule has 0 radical (unpaired) electrons. The van der Waals surface area contributed by atoms with Gasteiger partial charge in [-0.3, -0.25) is 9.69 Å². The average Bonchev–Trinajstić information content (AvgIpc) is 3.16. The van der Waals surface area contributed by atoms with Crippen LogP contribution in [0.2, 0.25) is 0 Å². The topological polar surface area (TPSA) is 35.6 Å². The Morgan fingerprint density at radius 2 is 1.79 bits per heavy atom. The molecule has 3 rings (SSSR count). The monoisotopic (exact) mass is 403 g/mol. The molecule has 0 unspecified atom stereocenters. The minimum absolute atomic E-state index is 0.0438. The number of benzene rings is 1. The summed E-state index contributed by atoms with van der Waals surface area (Å²) in [7, 11) is 0. The third-order valence-electron chi connectivity index (χ3n) is 5.19. The summed E-state index contributed by atoms with van der Waals surface area (Å²) < 4.78 is 13.2.